The highest BCUT2D eigenvalue weighted by Gasteiger charge is 2.12. The molecule has 0 spiro atoms. The van der Waals surface area contributed by atoms with Crippen LogP contribution in [-0.2, 0) is 0 Å². The van der Waals surface area contributed by atoms with Crippen LogP contribution in [0.15, 0.2) is 53.1 Å². The number of hydrogen-bond donors (Lipinski definition) is 1. The number of carbonyl (C=O) groups is 1. The third-order valence-corrected chi connectivity index (χ3v) is 3.59. The molecule has 0 saturated carbocycles. The van der Waals surface area contributed by atoms with Gasteiger partial charge in [0.1, 0.15) is 11.5 Å². The fourth-order valence-corrected chi connectivity index (χ4v) is 2.28. The number of amides is 1. The summed E-state index contributed by atoms with van der Waals surface area (Å²) in [5.41, 5.74) is 0.524. The van der Waals surface area contributed by atoms with Crippen LogP contribution in [0.25, 0.3) is 0 Å². The summed E-state index contributed by atoms with van der Waals surface area (Å²) in [7, 11) is 0. The van der Waals surface area contributed by atoms with Crippen molar-refractivity contribution in [2.45, 2.75) is 6.92 Å². The van der Waals surface area contributed by atoms with Crippen molar-refractivity contribution in [3.8, 4) is 11.6 Å². The van der Waals surface area contributed by atoms with Crippen molar-refractivity contribution in [2.75, 3.05) is 5.32 Å². The van der Waals surface area contributed by atoms with Gasteiger partial charge in [-0.05, 0) is 43.3 Å². The molecule has 0 atom stereocenters. The minimum absolute atomic E-state index is 0.231. The molecular weight excluding hydrogens is 351 g/mol. The van der Waals surface area contributed by atoms with E-state index in [-0.39, 0.29) is 11.7 Å². The van der Waals surface area contributed by atoms with Gasteiger partial charge < -0.3 is 14.5 Å². The lowest BCUT2D eigenvalue weighted by Gasteiger charge is -2.09. The Morgan fingerprint density at radius 3 is 2.62 bits per heavy atom. The van der Waals surface area contributed by atoms with Crippen LogP contribution in [0.4, 0.5) is 5.69 Å². The van der Waals surface area contributed by atoms with Gasteiger partial charge in [0, 0.05) is 18.0 Å². The minimum Gasteiger partial charge on any atom is -0.456 e. The van der Waals surface area contributed by atoms with Crippen LogP contribution in [-0.4, -0.2) is 10.9 Å². The Morgan fingerprint density at radius 2 is 2.00 bits per heavy atom. The first-order valence-corrected chi connectivity index (χ1v) is 7.73. The first kappa shape index (κ1) is 16.4. The third-order valence-electron chi connectivity index (χ3n) is 3.07. The van der Waals surface area contributed by atoms with Gasteiger partial charge in [-0.25, -0.2) is 4.98 Å². The van der Waals surface area contributed by atoms with Crippen molar-refractivity contribution in [3.05, 3.63) is 70.2 Å². The van der Waals surface area contributed by atoms with Crippen LogP contribution in [0.5, 0.6) is 11.6 Å². The molecule has 5 nitrogen and oxygen atoms in total. The minimum atomic E-state index is -0.354. The largest absolute Gasteiger partial charge is 0.456 e. The van der Waals surface area contributed by atoms with Crippen molar-refractivity contribution < 1.29 is 13.9 Å². The number of furan rings is 1. The number of benzene rings is 1. The topological polar surface area (TPSA) is 64.4 Å². The highest BCUT2D eigenvalue weighted by Crippen LogP contribution is 2.31. The number of pyridine rings is 1. The number of aromatic nitrogens is 1. The van der Waals surface area contributed by atoms with E-state index in [0.717, 1.165) is 0 Å². The maximum Gasteiger partial charge on any atom is 0.291 e. The molecule has 7 heteroatoms. The van der Waals surface area contributed by atoms with Gasteiger partial charge in [0.15, 0.2) is 5.76 Å². The highest BCUT2D eigenvalue weighted by atomic mass is 35.5. The van der Waals surface area contributed by atoms with Crippen molar-refractivity contribution >= 4 is 34.8 Å². The molecule has 24 heavy (non-hydrogen) atoms. The molecule has 3 aromatic rings. The lowest BCUT2D eigenvalue weighted by Crippen LogP contribution is -2.10. The fraction of sp³-hybridized carbons (Fsp3) is 0.0588. The van der Waals surface area contributed by atoms with E-state index >= 15 is 0 Å². The Balaban J connectivity index is 1.72. The number of carbonyl (C=O) groups excluding carboxylic acids is 1. The van der Waals surface area contributed by atoms with E-state index < -0.39 is 0 Å². The van der Waals surface area contributed by atoms with Crippen LogP contribution >= 0.6 is 23.2 Å². The van der Waals surface area contributed by atoms with Crippen LogP contribution in [0, 0.1) is 6.92 Å². The molecular formula is C17H12Cl2N2O3. The van der Waals surface area contributed by atoms with E-state index in [2.05, 4.69) is 10.3 Å². The van der Waals surface area contributed by atoms with Gasteiger partial charge in [0.05, 0.1) is 10.0 Å². The molecule has 1 amide bonds. The SMILES string of the molecule is Cc1ccc(C(=O)Nc2ccc(Oc3ccc(Cl)cn3)c(Cl)c2)o1. The second-order valence-electron chi connectivity index (χ2n) is 4.93. The predicted molar refractivity (Wildman–Crippen MR) is 92.2 cm³/mol. The monoisotopic (exact) mass is 362 g/mol. The van der Waals surface area contributed by atoms with Crippen molar-refractivity contribution in [1.82, 2.24) is 4.98 Å². The Morgan fingerprint density at radius 1 is 1.17 bits per heavy atom. The molecule has 2 heterocycles. The Bertz CT molecular complexity index is 876. The van der Waals surface area contributed by atoms with Gasteiger partial charge in [-0.2, -0.15) is 0 Å². The molecule has 0 radical (unpaired) electrons. The molecule has 0 fully saturated rings. The van der Waals surface area contributed by atoms with Gasteiger partial charge in [-0.3, -0.25) is 4.79 Å². The van der Waals surface area contributed by atoms with Crippen LogP contribution in [0.1, 0.15) is 16.3 Å². The van der Waals surface area contributed by atoms with E-state index in [1.165, 1.54) is 6.20 Å². The summed E-state index contributed by atoms with van der Waals surface area (Å²) in [6, 6.07) is 11.5. The summed E-state index contributed by atoms with van der Waals surface area (Å²) < 4.78 is 10.9. The van der Waals surface area contributed by atoms with Crippen LogP contribution < -0.4 is 10.1 Å². The second kappa shape index (κ2) is 6.95. The van der Waals surface area contributed by atoms with Gasteiger partial charge in [0.25, 0.3) is 5.91 Å². The summed E-state index contributed by atoms with van der Waals surface area (Å²) >= 11 is 12.0. The average molecular weight is 363 g/mol. The lowest BCUT2D eigenvalue weighted by atomic mass is 10.3. The van der Waals surface area contributed by atoms with Gasteiger partial charge in [-0.1, -0.05) is 23.2 Å². The number of nitrogens with zero attached hydrogens (tertiary/aromatic N) is 1. The molecule has 1 aromatic carbocycles. The van der Waals surface area contributed by atoms with Crippen LogP contribution in [0.3, 0.4) is 0 Å². The zero-order valence-corrected chi connectivity index (χ0v) is 14.1. The summed E-state index contributed by atoms with van der Waals surface area (Å²) in [6.07, 6.45) is 1.48. The zero-order valence-electron chi connectivity index (χ0n) is 12.5. The average Bonchev–Trinajstić information content (AvgIpc) is 2.99. The zero-order chi connectivity index (χ0) is 17.1. The maximum atomic E-state index is 12.0. The van der Waals surface area contributed by atoms with Crippen molar-refractivity contribution in [2.24, 2.45) is 0 Å². The number of anilines is 1. The standard InChI is InChI=1S/C17H12Cl2N2O3/c1-10-2-5-15(23-10)17(22)21-12-4-6-14(13(19)8-12)24-16-7-3-11(18)9-20-16/h2-9H,1H3,(H,21,22). The Hall–Kier alpha value is -2.50. The number of ether oxygens (including phenoxy) is 1. The van der Waals surface area contributed by atoms with Gasteiger partial charge in [0.2, 0.25) is 5.88 Å². The number of halogens is 2. The fourth-order valence-electron chi connectivity index (χ4n) is 1.95. The molecule has 0 aliphatic rings. The summed E-state index contributed by atoms with van der Waals surface area (Å²) in [6.45, 7) is 1.77. The smallest absolute Gasteiger partial charge is 0.291 e. The number of rotatable bonds is 4. The van der Waals surface area contributed by atoms with E-state index in [0.29, 0.717) is 33.1 Å². The molecule has 0 saturated heterocycles. The molecule has 0 aliphatic heterocycles. The molecule has 1 N–H and O–H groups in total. The molecule has 122 valence electrons. The van der Waals surface area contributed by atoms with E-state index in [1.54, 1.807) is 49.4 Å². The third kappa shape index (κ3) is 3.88. The van der Waals surface area contributed by atoms with Crippen molar-refractivity contribution in [3.63, 3.8) is 0 Å². The van der Waals surface area contributed by atoms with Crippen molar-refractivity contribution in [1.29, 1.82) is 0 Å². The predicted octanol–water partition coefficient (Wildman–Crippen LogP) is 5.33. The molecule has 2 aromatic heterocycles. The highest BCUT2D eigenvalue weighted by molar-refractivity contribution is 6.32. The molecule has 0 bridgehead atoms. The molecule has 0 aliphatic carbocycles. The first-order chi connectivity index (χ1) is 11.5. The lowest BCUT2D eigenvalue weighted by molar-refractivity contribution is 0.0995. The molecule has 0 unspecified atom stereocenters. The summed E-state index contributed by atoms with van der Waals surface area (Å²) in [5.74, 6) is 1.32. The van der Waals surface area contributed by atoms with Crippen LogP contribution in [0.2, 0.25) is 10.0 Å². The number of nitrogens with one attached hydrogen (secondary N) is 1. The Labute approximate surface area is 148 Å². The maximum absolute atomic E-state index is 12.0. The number of aryl methyl sites for hydroxylation is 1. The normalized spacial score (nSPS) is 10.5. The van der Waals surface area contributed by atoms with E-state index in [1.807, 2.05) is 0 Å². The quantitative estimate of drug-likeness (QED) is 0.680. The summed E-state index contributed by atoms with van der Waals surface area (Å²) in [5, 5.41) is 3.55. The van der Waals surface area contributed by atoms with Gasteiger partial charge >= 0.3 is 0 Å². The Kier molecular flexibility index (Phi) is 4.74. The molecule has 3 rings (SSSR count). The summed E-state index contributed by atoms with van der Waals surface area (Å²) in [4.78, 5) is 16.1. The van der Waals surface area contributed by atoms with E-state index in [4.69, 9.17) is 32.4 Å². The van der Waals surface area contributed by atoms with E-state index in [9.17, 15) is 4.79 Å². The number of hydrogen-bond acceptors (Lipinski definition) is 4. The second-order valence-corrected chi connectivity index (χ2v) is 5.77. The van der Waals surface area contributed by atoms with Gasteiger partial charge in [-0.15, -0.1) is 0 Å². The first-order valence-electron chi connectivity index (χ1n) is 6.98.